The van der Waals surface area contributed by atoms with Gasteiger partial charge in [0, 0.05) is 13.3 Å². The second kappa shape index (κ2) is 9.40. The van der Waals surface area contributed by atoms with E-state index in [0.29, 0.717) is 7.11 Å². The van der Waals surface area contributed by atoms with Crippen LogP contribution in [-0.4, -0.2) is 80.5 Å². The van der Waals surface area contributed by atoms with Crippen molar-refractivity contribution in [2.24, 2.45) is 0 Å². The van der Waals surface area contributed by atoms with E-state index in [0.717, 1.165) is 0 Å². The van der Waals surface area contributed by atoms with Crippen molar-refractivity contribution < 1.29 is 65.6 Å². The van der Waals surface area contributed by atoms with Crippen molar-refractivity contribution in [2.75, 3.05) is 13.5 Å². The van der Waals surface area contributed by atoms with E-state index in [1.165, 1.54) is 17.2 Å². The normalized spacial score (nSPS) is 36.5. The lowest BCUT2D eigenvalue weighted by Gasteiger charge is -2.33. The lowest BCUT2D eigenvalue weighted by atomic mass is 10.1. The first-order valence-corrected chi connectivity index (χ1v) is 14.2. The number of phosphoric ester groups is 1. The molecular weight excluding hydrogens is 513 g/mol. The maximum atomic E-state index is 12.3. The second-order valence-electron chi connectivity index (χ2n) is 7.77. The molecule has 8 unspecified atom stereocenters. The molecule has 0 bridgehead atoms. The number of nitrogens with zero attached hydrogens (tertiary/aromatic N) is 1. The summed E-state index contributed by atoms with van der Waals surface area (Å²) in [7, 11) is -14.8. The van der Waals surface area contributed by atoms with Gasteiger partial charge in [0.15, 0.2) is 5.79 Å². The summed E-state index contributed by atoms with van der Waals surface area (Å²) in [6, 6.07) is -1.25. The van der Waals surface area contributed by atoms with Crippen LogP contribution in [0.4, 0.5) is 4.79 Å². The van der Waals surface area contributed by atoms with Crippen LogP contribution >= 0.6 is 23.2 Å². The molecule has 3 rings (SSSR count). The van der Waals surface area contributed by atoms with Gasteiger partial charge >= 0.3 is 29.3 Å². The van der Waals surface area contributed by atoms with Crippen LogP contribution < -0.4 is 5.32 Å². The van der Waals surface area contributed by atoms with Crippen LogP contribution in [0.15, 0.2) is 12.3 Å². The zero-order chi connectivity index (χ0) is 24.8. The Morgan fingerprint density at radius 3 is 2.39 bits per heavy atom. The summed E-state index contributed by atoms with van der Waals surface area (Å²) in [5.74, 6) is -1.07. The first-order valence-electron chi connectivity index (χ1n) is 9.41. The SMILES string of the molecule is COP(=O)(O)OP(=O)(O)OP(=O)(O)COC1CC(N2C=CC(O)NC2=O)C2OC(C)(C)OC12. The van der Waals surface area contributed by atoms with E-state index < -0.39 is 72.0 Å². The average Bonchev–Trinajstić information content (AvgIpc) is 3.11. The Hall–Kier alpha value is -0.700. The van der Waals surface area contributed by atoms with E-state index >= 15 is 0 Å². The van der Waals surface area contributed by atoms with E-state index in [2.05, 4.69) is 18.5 Å². The van der Waals surface area contributed by atoms with Crippen LogP contribution in [-0.2, 0) is 41.1 Å². The Bertz CT molecular complexity index is 942. The van der Waals surface area contributed by atoms with Gasteiger partial charge in [0.2, 0.25) is 0 Å². The fourth-order valence-corrected chi connectivity index (χ4v) is 7.20. The van der Waals surface area contributed by atoms with Crippen molar-refractivity contribution in [3.63, 3.8) is 0 Å². The first kappa shape index (κ1) is 26.9. The van der Waals surface area contributed by atoms with Gasteiger partial charge in [-0.3, -0.25) is 14.0 Å². The molecule has 0 aromatic carbocycles. The minimum absolute atomic E-state index is 0.0715. The number of hydrogen-bond acceptors (Lipinski definition) is 11. The summed E-state index contributed by atoms with van der Waals surface area (Å²) < 4.78 is 64.4. The molecule has 0 aromatic rings. The highest BCUT2D eigenvalue weighted by Gasteiger charge is 2.57. The third kappa shape index (κ3) is 6.71. The molecule has 1 saturated heterocycles. The van der Waals surface area contributed by atoms with Crippen LogP contribution in [0.3, 0.4) is 0 Å². The van der Waals surface area contributed by atoms with Crippen LogP contribution in [0, 0.1) is 0 Å². The smallest absolute Gasteiger partial charge is 0.370 e. The topological polar surface area (TPSA) is 220 Å². The van der Waals surface area contributed by atoms with Gasteiger partial charge in [0.25, 0.3) is 0 Å². The van der Waals surface area contributed by atoms with Crippen molar-refractivity contribution in [1.29, 1.82) is 0 Å². The zero-order valence-corrected chi connectivity index (χ0v) is 20.3. The number of nitrogens with one attached hydrogen (secondary N) is 1. The molecule has 5 N–H and O–H groups in total. The molecule has 2 heterocycles. The standard InChI is InChI=1S/C14H25N2O14P3/c1-14(2)27-11-8(16-5-4-10(17)15-13(16)18)6-9(12(11)28-14)26-7-31(19,20)29-33(23,24)30-32(21,22)25-3/h4-5,8-12,17H,6-7H2,1-3H3,(H,15,18)(H,19,20)(H,21,22)(H,23,24). The average molecular weight is 538 g/mol. The lowest BCUT2D eigenvalue weighted by Crippen LogP contribution is -2.52. The Balaban J connectivity index is 1.69. The van der Waals surface area contributed by atoms with Gasteiger partial charge in [0.05, 0.1) is 12.1 Å². The zero-order valence-electron chi connectivity index (χ0n) is 17.6. The molecule has 2 aliphatic heterocycles. The van der Waals surface area contributed by atoms with Gasteiger partial charge in [-0.05, 0) is 26.3 Å². The fraction of sp³-hybridized carbons (Fsp3) is 0.786. The van der Waals surface area contributed by atoms with Gasteiger partial charge in [-0.1, -0.05) is 0 Å². The van der Waals surface area contributed by atoms with Crippen molar-refractivity contribution in [3.8, 4) is 0 Å². The number of amides is 2. The van der Waals surface area contributed by atoms with Crippen LogP contribution in [0.25, 0.3) is 0 Å². The molecule has 16 nitrogen and oxygen atoms in total. The minimum Gasteiger partial charge on any atom is -0.370 e. The van der Waals surface area contributed by atoms with Crippen molar-refractivity contribution in [1.82, 2.24) is 10.2 Å². The van der Waals surface area contributed by atoms with Crippen molar-refractivity contribution >= 4 is 29.3 Å². The predicted octanol–water partition coefficient (Wildman–Crippen LogP) is 0.545. The molecule has 33 heavy (non-hydrogen) atoms. The number of fused-ring (bicyclic) bond motifs is 1. The summed E-state index contributed by atoms with van der Waals surface area (Å²) >= 11 is 0. The molecule has 2 fully saturated rings. The second-order valence-corrected chi connectivity index (χ2v) is 12.8. The van der Waals surface area contributed by atoms with Gasteiger partial charge < -0.3 is 39.3 Å². The van der Waals surface area contributed by atoms with E-state index in [1.54, 1.807) is 13.8 Å². The van der Waals surface area contributed by atoms with Gasteiger partial charge in [-0.25, -0.2) is 18.2 Å². The number of rotatable bonds is 9. The lowest BCUT2D eigenvalue weighted by molar-refractivity contribution is -0.169. The number of carbonyl (C=O) groups excluding carboxylic acids is 1. The van der Waals surface area contributed by atoms with E-state index in [1.807, 2.05) is 0 Å². The molecule has 1 saturated carbocycles. The van der Waals surface area contributed by atoms with Crippen LogP contribution in [0.2, 0.25) is 0 Å². The number of hydrogen-bond donors (Lipinski definition) is 5. The Morgan fingerprint density at radius 2 is 1.79 bits per heavy atom. The molecule has 190 valence electrons. The maximum absolute atomic E-state index is 12.3. The molecule has 1 aliphatic carbocycles. The maximum Gasteiger partial charge on any atom is 0.488 e. The Kier molecular flexibility index (Phi) is 7.66. The molecule has 2 amide bonds. The number of aliphatic hydroxyl groups is 1. The van der Waals surface area contributed by atoms with Crippen LogP contribution in [0.1, 0.15) is 20.3 Å². The highest BCUT2D eigenvalue weighted by molar-refractivity contribution is 7.68. The highest BCUT2D eigenvalue weighted by Crippen LogP contribution is 2.67. The van der Waals surface area contributed by atoms with Crippen LogP contribution in [0.5, 0.6) is 0 Å². The van der Waals surface area contributed by atoms with Crippen molar-refractivity contribution in [3.05, 3.63) is 12.3 Å². The summed E-state index contributed by atoms with van der Waals surface area (Å²) in [4.78, 5) is 42.1. The molecule has 0 spiro atoms. The summed E-state index contributed by atoms with van der Waals surface area (Å²) in [6.07, 6.45) is -1.91. The largest absolute Gasteiger partial charge is 0.488 e. The number of carbonyl (C=O) groups is 1. The summed E-state index contributed by atoms with van der Waals surface area (Å²) in [5, 5.41) is 11.8. The fourth-order valence-electron chi connectivity index (χ4n) is 3.65. The number of phosphoric acid groups is 2. The summed E-state index contributed by atoms with van der Waals surface area (Å²) in [6.45, 7) is 3.25. The molecule has 19 heteroatoms. The van der Waals surface area contributed by atoms with Gasteiger partial charge in [0.1, 0.15) is 24.8 Å². The predicted molar refractivity (Wildman–Crippen MR) is 106 cm³/mol. The van der Waals surface area contributed by atoms with E-state index in [-0.39, 0.29) is 6.42 Å². The molecule has 0 aromatic heterocycles. The van der Waals surface area contributed by atoms with Crippen molar-refractivity contribution in [2.45, 2.75) is 56.6 Å². The van der Waals surface area contributed by atoms with Gasteiger partial charge in [-0.15, -0.1) is 0 Å². The molecule has 8 atom stereocenters. The number of aliphatic hydroxyl groups excluding tert-OH is 1. The third-order valence-electron chi connectivity index (χ3n) is 4.79. The molecule has 0 radical (unpaired) electrons. The van der Waals surface area contributed by atoms with E-state index in [9.17, 15) is 33.4 Å². The number of urea groups is 1. The highest BCUT2D eigenvalue weighted by atomic mass is 31.3. The molecular formula is C14H25N2O14P3. The minimum atomic E-state index is -5.49. The number of ether oxygens (including phenoxy) is 3. The first-order chi connectivity index (χ1) is 15.0. The Morgan fingerprint density at radius 1 is 1.15 bits per heavy atom. The Labute approximate surface area is 188 Å². The monoisotopic (exact) mass is 538 g/mol. The quantitative estimate of drug-likeness (QED) is 0.253. The molecule has 3 aliphatic rings. The summed E-state index contributed by atoms with van der Waals surface area (Å²) in [5.41, 5.74) is 0. The van der Waals surface area contributed by atoms with E-state index in [4.69, 9.17) is 19.1 Å². The third-order valence-corrected chi connectivity index (χ3v) is 9.23. The van der Waals surface area contributed by atoms with Gasteiger partial charge in [-0.2, -0.15) is 4.31 Å².